The molecule has 16 heavy (non-hydrogen) atoms. The molecule has 0 bridgehead atoms. The lowest BCUT2D eigenvalue weighted by Gasteiger charge is -2.00. The standard InChI is InChI=1S/C11H10N4S/c1-7-5-6-8(16-7)11-14-13-10-4-2-3-9(12)15(10)11/h2-6H,12H2,1H3. The Hall–Kier alpha value is -1.88. The van der Waals surface area contributed by atoms with Crippen molar-refractivity contribution < 1.29 is 0 Å². The first-order valence-corrected chi connectivity index (χ1v) is 5.74. The van der Waals surface area contributed by atoms with Crippen molar-refractivity contribution in [1.29, 1.82) is 0 Å². The predicted octanol–water partition coefficient (Wildman–Crippen LogP) is 2.35. The van der Waals surface area contributed by atoms with Crippen LogP contribution in [0.3, 0.4) is 0 Å². The first-order chi connectivity index (χ1) is 7.75. The molecule has 0 spiro atoms. The molecule has 0 radical (unpaired) electrons. The number of nitrogens with two attached hydrogens (primary N) is 1. The van der Waals surface area contributed by atoms with Gasteiger partial charge in [0.15, 0.2) is 11.5 Å². The zero-order valence-electron chi connectivity index (χ0n) is 8.71. The Kier molecular flexibility index (Phi) is 1.94. The molecule has 0 atom stereocenters. The molecule has 0 unspecified atom stereocenters. The molecule has 2 N–H and O–H groups in total. The van der Waals surface area contributed by atoms with Crippen LogP contribution >= 0.6 is 11.3 Å². The summed E-state index contributed by atoms with van der Waals surface area (Å²) in [5.74, 6) is 1.47. The molecule has 0 aromatic carbocycles. The monoisotopic (exact) mass is 230 g/mol. The molecule has 0 aliphatic heterocycles. The third-order valence-corrected chi connectivity index (χ3v) is 3.42. The summed E-state index contributed by atoms with van der Waals surface area (Å²) in [6.45, 7) is 2.07. The SMILES string of the molecule is Cc1ccc(-c2nnc3cccc(N)n23)s1. The normalized spacial score (nSPS) is 11.1. The van der Waals surface area contributed by atoms with E-state index in [0.29, 0.717) is 5.82 Å². The molecule has 0 saturated heterocycles. The highest BCUT2D eigenvalue weighted by Crippen LogP contribution is 2.27. The Morgan fingerprint density at radius 3 is 2.81 bits per heavy atom. The molecule has 4 nitrogen and oxygen atoms in total. The lowest BCUT2D eigenvalue weighted by Crippen LogP contribution is -1.97. The lowest BCUT2D eigenvalue weighted by atomic mass is 10.4. The van der Waals surface area contributed by atoms with Crippen molar-refractivity contribution in [3.05, 3.63) is 35.2 Å². The zero-order valence-corrected chi connectivity index (χ0v) is 9.53. The summed E-state index contributed by atoms with van der Waals surface area (Å²) < 4.78 is 1.87. The minimum absolute atomic E-state index is 0.656. The molecule has 0 amide bonds. The van der Waals surface area contributed by atoms with Crippen LogP contribution in [0.4, 0.5) is 5.82 Å². The number of hydrogen-bond donors (Lipinski definition) is 1. The number of anilines is 1. The van der Waals surface area contributed by atoms with E-state index in [1.807, 2.05) is 28.7 Å². The molecule has 5 heteroatoms. The van der Waals surface area contributed by atoms with Crippen LogP contribution in [0.2, 0.25) is 0 Å². The summed E-state index contributed by atoms with van der Waals surface area (Å²) in [6.07, 6.45) is 0. The summed E-state index contributed by atoms with van der Waals surface area (Å²) in [7, 11) is 0. The fourth-order valence-corrected chi connectivity index (χ4v) is 2.52. The lowest BCUT2D eigenvalue weighted by molar-refractivity contribution is 1.12. The second kappa shape index (κ2) is 3.31. The van der Waals surface area contributed by atoms with E-state index in [-0.39, 0.29) is 0 Å². The number of thiophene rings is 1. The van der Waals surface area contributed by atoms with Crippen molar-refractivity contribution in [2.75, 3.05) is 5.73 Å². The van der Waals surface area contributed by atoms with Crippen molar-refractivity contribution >= 4 is 22.8 Å². The van der Waals surface area contributed by atoms with Gasteiger partial charge in [0.1, 0.15) is 5.82 Å². The van der Waals surface area contributed by atoms with E-state index in [0.717, 1.165) is 16.3 Å². The second-order valence-corrected chi connectivity index (χ2v) is 4.87. The van der Waals surface area contributed by atoms with Crippen molar-refractivity contribution in [2.45, 2.75) is 6.92 Å². The van der Waals surface area contributed by atoms with Crippen LogP contribution in [0.1, 0.15) is 4.88 Å². The third kappa shape index (κ3) is 1.29. The van der Waals surface area contributed by atoms with E-state index in [2.05, 4.69) is 23.2 Å². The molecule has 80 valence electrons. The first-order valence-electron chi connectivity index (χ1n) is 4.92. The van der Waals surface area contributed by atoms with Crippen LogP contribution in [0.15, 0.2) is 30.3 Å². The number of pyridine rings is 1. The summed E-state index contributed by atoms with van der Waals surface area (Å²) in [4.78, 5) is 2.34. The highest BCUT2D eigenvalue weighted by atomic mass is 32.1. The molecular weight excluding hydrogens is 220 g/mol. The topological polar surface area (TPSA) is 56.2 Å². The van der Waals surface area contributed by atoms with E-state index >= 15 is 0 Å². The van der Waals surface area contributed by atoms with Crippen LogP contribution in [0, 0.1) is 6.92 Å². The smallest absolute Gasteiger partial charge is 0.180 e. The van der Waals surface area contributed by atoms with E-state index in [1.165, 1.54) is 4.88 Å². The molecule has 0 fully saturated rings. The molecular formula is C11H10N4S. The van der Waals surface area contributed by atoms with Gasteiger partial charge in [0, 0.05) is 4.88 Å². The van der Waals surface area contributed by atoms with E-state index < -0.39 is 0 Å². The van der Waals surface area contributed by atoms with Crippen LogP contribution in [-0.4, -0.2) is 14.6 Å². The molecule has 3 aromatic heterocycles. The minimum Gasteiger partial charge on any atom is -0.385 e. The molecule has 3 rings (SSSR count). The van der Waals surface area contributed by atoms with E-state index in [4.69, 9.17) is 5.73 Å². The first kappa shape index (κ1) is 9.35. The van der Waals surface area contributed by atoms with Gasteiger partial charge < -0.3 is 5.73 Å². The largest absolute Gasteiger partial charge is 0.385 e. The van der Waals surface area contributed by atoms with Gasteiger partial charge in [0.05, 0.1) is 4.88 Å². The zero-order chi connectivity index (χ0) is 11.1. The van der Waals surface area contributed by atoms with Gasteiger partial charge in [-0.15, -0.1) is 21.5 Å². The number of rotatable bonds is 1. The third-order valence-electron chi connectivity index (χ3n) is 2.42. The van der Waals surface area contributed by atoms with Gasteiger partial charge in [0.25, 0.3) is 0 Å². The molecule has 0 saturated carbocycles. The van der Waals surface area contributed by atoms with Crippen molar-refractivity contribution in [3.63, 3.8) is 0 Å². The number of aryl methyl sites for hydroxylation is 1. The van der Waals surface area contributed by atoms with Gasteiger partial charge in [0.2, 0.25) is 0 Å². The van der Waals surface area contributed by atoms with Crippen LogP contribution in [-0.2, 0) is 0 Å². The number of fused-ring (bicyclic) bond motifs is 1. The average molecular weight is 230 g/mol. The highest BCUT2D eigenvalue weighted by Gasteiger charge is 2.11. The quantitative estimate of drug-likeness (QED) is 0.698. The molecule has 0 aliphatic carbocycles. The fraction of sp³-hybridized carbons (Fsp3) is 0.0909. The summed E-state index contributed by atoms with van der Waals surface area (Å²) in [5.41, 5.74) is 6.71. The Morgan fingerprint density at radius 2 is 2.06 bits per heavy atom. The van der Waals surface area contributed by atoms with Gasteiger partial charge in [-0.2, -0.15) is 0 Å². The fourth-order valence-electron chi connectivity index (χ4n) is 1.68. The maximum atomic E-state index is 5.93. The number of hydrogen-bond acceptors (Lipinski definition) is 4. The van der Waals surface area contributed by atoms with E-state index in [9.17, 15) is 0 Å². The number of nitrogens with zero attached hydrogens (tertiary/aromatic N) is 3. The predicted molar refractivity (Wildman–Crippen MR) is 65.4 cm³/mol. The van der Waals surface area contributed by atoms with Gasteiger partial charge in [-0.05, 0) is 31.2 Å². The summed E-state index contributed by atoms with van der Waals surface area (Å²) >= 11 is 1.69. The Labute approximate surface area is 96.4 Å². The molecule has 3 aromatic rings. The van der Waals surface area contributed by atoms with Crippen LogP contribution < -0.4 is 5.73 Å². The van der Waals surface area contributed by atoms with Crippen LogP contribution in [0.5, 0.6) is 0 Å². The van der Waals surface area contributed by atoms with Gasteiger partial charge >= 0.3 is 0 Å². The molecule has 3 heterocycles. The Morgan fingerprint density at radius 1 is 1.19 bits per heavy atom. The van der Waals surface area contributed by atoms with Gasteiger partial charge in [-0.25, -0.2) is 0 Å². The Balaban J connectivity index is 2.32. The van der Waals surface area contributed by atoms with Crippen LogP contribution in [0.25, 0.3) is 16.3 Å². The highest BCUT2D eigenvalue weighted by molar-refractivity contribution is 7.15. The Bertz CT molecular complexity index is 653. The van der Waals surface area contributed by atoms with Crippen molar-refractivity contribution in [2.24, 2.45) is 0 Å². The maximum absolute atomic E-state index is 5.93. The average Bonchev–Trinajstić information content (AvgIpc) is 2.84. The summed E-state index contributed by atoms with van der Waals surface area (Å²) in [6, 6.07) is 9.74. The van der Waals surface area contributed by atoms with Gasteiger partial charge in [-0.1, -0.05) is 6.07 Å². The van der Waals surface area contributed by atoms with E-state index in [1.54, 1.807) is 11.3 Å². The second-order valence-electron chi connectivity index (χ2n) is 3.58. The minimum atomic E-state index is 0.656. The van der Waals surface area contributed by atoms with Gasteiger partial charge in [-0.3, -0.25) is 4.40 Å². The number of aromatic nitrogens is 3. The molecule has 0 aliphatic rings. The maximum Gasteiger partial charge on any atom is 0.180 e. The number of nitrogen functional groups attached to an aromatic ring is 1. The van der Waals surface area contributed by atoms with Crippen molar-refractivity contribution in [3.8, 4) is 10.7 Å². The van der Waals surface area contributed by atoms with Crippen molar-refractivity contribution in [1.82, 2.24) is 14.6 Å². The summed E-state index contributed by atoms with van der Waals surface area (Å²) in [5, 5.41) is 8.29.